The highest BCUT2D eigenvalue weighted by Crippen LogP contribution is 2.22. The zero-order valence-corrected chi connectivity index (χ0v) is 14.7. The molecule has 1 saturated heterocycles. The van der Waals surface area contributed by atoms with Crippen LogP contribution in [0.15, 0.2) is 30.3 Å². The molecule has 1 aromatic rings. The molecule has 0 saturated carbocycles. The van der Waals surface area contributed by atoms with Crippen molar-refractivity contribution >= 4 is 18.1 Å². The van der Waals surface area contributed by atoms with Gasteiger partial charge in [0.1, 0.15) is 5.60 Å². The summed E-state index contributed by atoms with van der Waals surface area (Å²) < 4.78 is 10.1. The number of esters is 1. The van der Waals surface area contributed by atoms with Gasteiger partial charge in [0.05, 0.1) is 18.7 Å². The number of ether oxygens (including phenoxy) is 2. The Morgan fingerprint density at radius 1 is 1.21 bits per heavy atom. The van der Waals surface area contributed by atoms with Crippen LogP contribution in [0.3, 0.4) is 0 Å². The third-order valence-electron chi connectivity index (χ3n) is 3.77. The van der Waals surface area contributed by atoms with E-state index in [1.54, 1.807) is 17.0 Å². The van der Waals surface area contributed by atoms with Gasteiger partial charge in [-0.3, -0.25) is 0 Å². The zero-order chi connectivity index (χ0) is 17.7. The third kappa shape index (κ3) is 4.85. The van der Waals surface area contributed by atoms with E-state index in [9.17, 15) is 9.59 Å². The molecule has 1 heterocycles. The number of nitrogens with zero attached hydrogens (tertiary/aromatic N) is 1. The largest absolute Gasteiger partial charge is 0.465 e. The van der Waals surface area contributed by atoms with Gasteiger partial charge >= 0.3 is 12.1 Å². The van der Waals surface area contributed by atoms with E-state index in [1.165, 1.54) is 7.11 Å². The molecule has 5 nitrogen and oxygen atoms in total. The number of carbonyl (C=O) groups excluding carboxylic acids is 2. The fourth-order valence-electron chi connectivity index (χ4n) is 2.61. The van der Waals surface area contributed by atoms with Crippen LogP contribution < -0.4 is 0 Å². The van der Waals surface area contributed by atoms with E-state index in [1.807, 2.05) is 45.1 Å². The summed E-state index contributed by atoms with van der Waals surface area (Å²) in [6, 6.07) is 7.21. The summed E-state index contributed by atoms with van der Waals surface area (Å²) in [4.78, 5) is 25.4. The molecular formula is C19H25NO4. The highest BCUT2D eigenvalue weighted by atomic mass is 16.6. The number of likely N-dealkylation sites (tertiary alicyclic amines) is 1. The maximum atomic E-state index is 12.3. The summed E-state index contributed by atoms with van der Waals surface area (Å²) in [5.74, 6) is -0.350. The summed E-state index contributed by atoms with van der Waals surface area (Å²) in [6.07, 6.45) is 5.61. The Bertz CT molecular complexity index is 613. The average Bonchev–Trinajstić information content (AvgIpc) is 2.99. The minimum Gasteiger partial charge on any atom is -0.465 e. The molecule has 1 aliphatic rings. The molecule has 0 aromatic heterocycles. The number of benzene rings is 1. The van der Waals surface area contributed by atoms with E-state index < -0.39 is 5.60 Å². The molecule has 24 heavy (non-hydrogen) atoms. The highest BCUT2D eigenvalue weighted by Gasteiger charge is 2.30. The summed E-state index contributed by atoms with van der Waals surface area (Å²) in [5, 5.41) is 0. The standard InChI is InChI=1S/C19H25NO4/c1-19(2,3)24-18(22)20-13-5-6-16(20)12-9-14-7-10-15(11-8-14)17(21)23-4/h7-12,16H,5-6,13H2,1-4H3/t16-/m0/s1. The molecule has 130 valence electrons. The Labute approximate surface area is 143 Å². The van der Waals surface area contributed by atoms with Crippen LogP contribution in [-0.2, 0) is 9.47 Å². The lowest BCUT2D eigenvalue weighted by molar-refractivity contribution is 0.0256. The quantitative estimate of drug-likeness (QED) is 0.789. The van der Waals surface area contributed by atoms with Crippen molar-refractivity contribution in [2.45, 2.75) is 45.3 Å². The topological polar surface area (TPSA) is 55.8 Å². The molecule has 1 fully saturated rings. The van der Waals surface area contributed by atoms with Gasteiger partial charge in [0.2, 0.25) is 0 Å². The van der Waals surface area contributed by atoms with Crippen LogP contribution in [-0.4, -0.2) is 42.3 Å². The van der Waals surface area contributed by atoms with Gasteiger partial charge < -0.3 is 14.4 Å². The number of hydrogen-bond donors (Lipinski definition) is 0. The predicted octanol–water partition coefficient (Wildman–Crippen LogP) is 3.89. The Morgan fingerprint density at radius 3 is 2.46 bits per heavy atom. The van der Waals surface area contributed by atoms with Crippen LogP contribution in [0.1, 0.15) is 49.5 Å². The molecule has 1 aromatic carbocycles. The van der Waals surface area contributed by atoms with Crippen molar-refractivity contribution < 1.29 is 19.1 Å². The number of hydrogen-bond acceptors (Lipinski definition) is 4. The number of amides is 1. The molecule has 0 unspecified atom stereocenters. The normalized spacial score (nSPS) is 18.0. The van der Waals surface area contributed by atoms with Crippen LogP contribution in [0.25, 0.3) is 6.08 Å². The Morgan fingerprint density at radius 2 is 1.88 bits per heavy atom. The van der Waals surface area contributed by atoms with Crippen LogP contribution in [0, 0.1) is 0 Å². The fourth-order valence-corrected chi connectivity index (χ4v) is 2.61. The molecule has 0 spiro atoms. The monoisotopic (exact) mass is 331 g/mol. The number of methoxy groups -OCH3 is 1. The van der Waals surface area contributed by atoms with Crippen molar-refractivity contribution in [2.75, 3.05) is 13.7 Å². The fraction of sp³-hybridized carbons (Fsp3) is 0.474. The lowest BCUT2D eigenvalue weighted by Gasteiger charge is -2.27. The molecule has 1 amide bonds. The zero-order valence-electron chi connectivity index (χ0n) is 14.7. The molecule has 1 aliphatic heterocycles. The second-order valence-corrected chi connectivity index (χ2v) is 6.86. The maximum absolute atomic E-state index is 12.3. The van der Waals surface area contributed by atoms with Gasteiger partial charge in [0.15, 0.2) is 0 Å². The second-order valence-electron chi connectivity index (χ2n) is 6.86. The van der Waals surface area contributed by atoms with Crippen LogP contribution in [0.5, 0.6) is 0 Å². The first-order valence-corrected chi connectivity index (χ1v) is 8.16. The van der Waals surface area contributed by atoms with E-state index in [4.69, 9.17) is 4.74 Å². The van der Waals surface area contributed by atoms with Gasteiger partial charge in [0, 0.05) is 6.54 Å². The number of rotatable bonds is 3. The lowest BCUT2D eigenvalue weighted by atomic mass is 10.1. The van der Waals surface area contributed by atoms with E-state index in [2.05, 4.69) is 4.74 Å². The molecule has 5 heteroatoms. The van der Waals surface area contributed by atoms with Crippen LogP contribution >= 0.6 is 0 Å². The predicted molar refractivity (Wildman–Crippen MR) is 92.8 cm³/mol. The lowest BCUT2D eigenvalue weighted by Crippen LogP contribution is -2.39. The number of carbonyl (C=O) groups is 2. The van der Waals surface area contributed by atoms with E-state index in [0.717, 1.165) is 18.4 Å². The van der Waals surface area contributed by atoms with Crippen molar-refractivity contribution in [2.24, 2.45) is 0 Å². The summed E-state index contributed by atoms with van der Waals surface area (Å²) in [6.45, 7) is 6.32. The smallest absolute Gasteiger partial charge is 0.410 e. The molecule has 0 aliphatic carbocycles. The Balaban J connectivity index is 2.02. The van der Waals surface area contributed by atoms with Crippen molar-refractivity contribution in [1.29, 1.82) is 0 Å². The first-order chi connectivity index (χ1) is 11.3. The molecular weight excluding hydrogens is 306 g/mol. The highest BCUT2D eigenvalue weighted by molar-refractivity contribution is 5.89. The molecule has 0 bridgehead atoms. The van der Waals surface area contributed by atoms with Gasteiger partial charge in [-0.2, -0.15) is 0 Å². The first-order valence-electron chi connectivity index (χ1n) is 8.16. The Kier molecular flexibility index (Phi) is 5.65. The minimum absolute atomic E-state index is 0.0418. The van der Waals surface area contributed by atoms with Crippen LogP contribution in [0.2, 0.25) is 0 Å². The Hall–Kier alpha value is -2.30. The van der Waals surface area contributed by atoms with Gasteiger partial charge in [0.25, 0.3) is 0 Å². The average molecular weight is 331 g/mol. The van der Waals surface area contributed by atoms with Crippen molar-refractivity contribution in [1.82, 2.24) is 4.90 Å². The summed E-state index contributed by atoms with van der Waals surface area (Å²) >= 11 is 0. The second kappa shape index (κ2) is 7.51. The van der Waals surface area contributed by atoms with Crippen molar-refractivity contribution in [3.05, 3.63) is 41.5 Å². The molecule has 0 N–H and O–H groups in total. The van der Waals surface area contributed by atoms with Crippen molar-refractivity contribution in [3.63, 3.8) is 0 Å². The minimum atomic E-state index is -0.488. The van der Waals surface area contributed by atoms with Gasteiger partial charge in [-0.05, 0) is 51.3 Å². The van der Waals surface area contributed by atoms with Gasteiger partial charge in [-0.25, -0.2) is 9.59 Å². The van der Waals surface area contributed by atoms with E-state index in [-0.39, 0.29) is 18.1 Å². The van der Waals surface area contributed by atoms with E-state index >= 15 is 0 Å². The summed E-state index contributed by atoms with van der Waals surface area (Å²) in [7, 11) is 1.36. The van der Waals surface area contributed by atoms with Gasteiger partial charge in [-0.1, -0.05) is 24.3 Å². The van der Waals surface area contributed by atoms with Crippen LogP contribution in [0.4, 0.5) is 4.79 Å². The van der Waals surface area contributed by atoms with E-state index in [0.29, 0.717) is 12.1 Å². The van der Waals surface area contributed by atoms with Gasteiger partial charge in [-0.15, -0.1) is 0 Å². The molecule has 2 rings (SSSR count). The molecule has 0 radical (unpaired) electrons. The first kappa shape index (κ1) is 18.0. The van der Waals surface area contributed by atoms with Crippen molar-refractivity contribution in [3.8, 4) is 0 Å². The third-order valence-corrected chi connectivity index (χ3v) is 3.77. The molecule has 1 atom stereocenters. The summed E-state index contributed by atoms with van der Waals surface area (Å²) in [5.41, 5.74) is 1.00. The maximum Gasteiger partial charge on any atom is 0.410 e. The SMILES string of the molecule is COC(=O)c1ccc(C=C[C@@H]2CCCN2C(=O)OC(C)(C)C)cc1.